The maximum atomic E-state index is 10.9. The number of rotatable bonds is 3. The van der Waals surface area contributed by atoms with E-state index >= 15 is 0 Å². The Hall–Kier alpha value is -2.63. The van der Waals surface area contributed by atoms with Gasteiger partial charge < -0.3 is 14.8 Å². The van der Waals surface area contributed by atoms with Crippen molar-refractivity contribution in [2.24, 2.45) is 0 Å². The molecule has 0 saturated carbocycles. The molecule has 3 aromatic rings. The number of aromatic hydroxyl groups is 2. The average molecular weight is 383 g/mol. The Morgan fingerprint density at radius 2 is 1.50 bits per heavy atom. The van der Waals surface area contributed by atoms with E-state index in [2.05, 4.69) is 56.5 Å². The number of hydrogen-bond acceptors (Lipinski definition) is 5. The largest absolute Gasteiger partial charge is 0.507 e. The van der Waals surface area contributed by atoms with Gasteiger partial charge in [0.1, 0.15) is 11.6 Å². The van der Waals surface area contributed by atoms with E-state index in [0.717, 1.165) is 16.7 Å². The van der Waals surface area contributed by atoms with E-state index in [0.29, 0.717) is 35.7 Å². The first-order chi connectivity index (χ1) is 12.9. The molecule has 0 amide bonds. The molecule has 28 heavy (non-hydrogen) atoms. The van der Waals surface area contributed by atoms with Gasteiger partial charge in [0.2, 0.25) is 5.88 Å². The Bertz CT molecular complexity index is 988. The minimum Gasteiger partial charge on any atom is -0.507 e. The molecule has 0 fully saturated rings. The summed E-state index contributed by atoms with van der Waals surface area (Å²) < 4.78 is 1.86. The highest BCUT2D eigenvalue weighted by Crippen LogP contribution is 2.40. The number of aryl methyl sites for hydroxylation is 1. The third-order valence-corrected chi connectivity index (χ3v) is 4.96. The van der Waals surface area contributed by atoms with E-state index in [1.54, 1.807) is 6.33 Å². The highest BCUT2D eigenvalue weighted by atomic mass is 16.3. The fourth-order valence-corrected chi connectivity index (χ4v) is 3.41. The van der Waals surface area contributed by atoms with Crippen molar-refractivity contribution in [2.75, 3.05) is 0 Å². The molecule has 3 rings (SSSR count). The fraction of sp³-hybridized carbons (Fsp3) is 0.500. The van der Waals surface area contributed by atoms with Crippen LogP contribution in [0.3, 0.4) is 0 Å². The van der Waals surface area contributed by atoms with Gasteiger partial charge in [0.25, 0.3) is 0 Å². The van der Waals surface area contributed by atoms with Crippen LogP contribution in [-0.4, -0.2) is 29.7 Å². The van der Waals surface area contributed by atoms with E-state index in [4.69, 9.17) is 0 Å². The van der Waals surface area contributed by atoms with Gasteiger partial charge in [-0.2, -0.15) is 4.98 Å². The maximum Gasteiger partial charge on any atom is 0.241 e. The van der Waals surface area contributed by atoms with Crippen molar-refractivity contribution in [1.82, 2.24) is 19.5 Å². The topological polar surface area (TPSA) is 84.1 Å². The highest BCUT2D eigenvalue weighted by molar-refractivity contribution is 5.76. The first kappa shape index (κ1) is 20.1. The van der Waals surface area contributed by atoms with Gasteiger partial charge in [0.15, 0.2) is 11.2 Å². The van der Waals surface area contributed by atoms with Crippen LogP contribution in [0.2, 0.25) is 0 Å². The van der Waals surface area contributed by atoms with E-state index < -0.39 is 0 Å². The predicted octanol–water partition coefficient (Wildman–Crippen LogP) is 4.44. The molecule has 1 aromatic carbocycles. The Balaban J connectivity index is 2.14. The number of phenols is 1. The molecule has 2 N–H and O–H groups in total. The van der Waals surface area contributed by atoms with Gasteiger partial charge in [-0.1, -0.05) is 48.5 Å². The van der Waals surface area contributed by atoms with E-state index in [-0.39, 0.29) is 16.7 Å². The smallest absolute Gasteiger partial charge is 0.241 e. The summed E-state index contributed by atoms with van der Waals surface area (Å²) in [5, 5.41) is 21.3. The fourth-order valence-electron chi connectivity index (χ4n) is 3.41. The second-order valence-electron chi connectivity index (χ2n) is 9.40. The Morgan fingerprint density at radius 1 is 0.929 bits per heavy atom. The van der Waals surface area contributed by atoms with Crippen molar-refractivity contribution < 1.29 is 10.2 Å². The van der Waals surface area contributed by atoms with Crippen LogP contribution in [-0.2, 0) is 23.8 Å². The first-order valence-corrected chi connectivity index (χ1v) is 9.69. The molecule has 0 unspecified atom stereocenters. The van der Waals surface area contributed by atoms with Crippen molar-refractivity contribution in [1.29, 1.82) is 0 Å². The molecule has 0 spiro atoms. The lowest BCUT2D eigenvalue weighted by Gasteiger charge is -2.28. The van der Waals surface area contributed by atoms with Crippen molar-refractivity contribution in [3.8, 4) is 11.6 Å². The van der Waals surface area contributed by atoms with Crippen LogP contribution in [0.5, 0.6) is 11.6 Å². The van der Waals surface area contributed by atoms with Crippen LogP contribution >= 0.6 is 0 Å². The van der Waals surface area contributed by atoms with Crippen LogP contribution in [0.15, 0.2) is 18.5 Å². The zero-order valence-corrected chi connectivity index (χ0v) is 17.8. The normalized spacial score (nSPS) is 12.7. The molecular formula is C22H30N4O2. The van der Waals surface area contributed by atoms with Gasteiger partial charge in [-0.15, -0.1) is 0 Å². The lowest BCUT2D eigenvalue weighted by molar-refractivity contribution is 0.422. The summed E-state index contributed by atoms with van der Waals surface area (Å²) in [5.41, 5.74) is 3.48. The predicted molar refractivity (Wildman–Crippen MR) is 111 cm³/mol. The molecule has 6 heteroatoms. The van der Waals surface area contributed by atoms with Crippen LogP contribution < -0.4 is 0 Å². The van der Waals surface area contributed by atoms with Gasteiger partial charge in [-0.3, -0.25) is 0 Å². The summed E-state index contributed by atoms with van der Waals surface area (Å²) >= 11 is 0. The summed E-state index contributed by atoms with van der Waals surface area (Å²) in [4.78, 5) is 12.9. The Morgan fingerprint density at radius 3 is 2.00 bits per heavy atom. The molecule has 0 radical (unpaired) electrons. The molecule has 0 aliphatic rings. The number of benzene rings is 1. The number of fused-ring (bicyclic) bond motifs is 1. The number of phenolic OH excluding ortho intramolecular Hbond substituents is 1. The van der Waals surface area contributed by atoms with Crippen molar-refractivity contribution in [2.45, 2.75) is 72.3 Å². The molecule has 0 saturated heterocycles. The molecule has 0 aliphatic carbocycles. The molecular weight excluding hydrogens is 352 g/mol. The van der Waals surface area contributed by atoms with Gasteiger partial charge in [-0.25, -0.2) is 9.97 Å². The molecule has 0 aliphatic heterocycles. The van der Waals surface area contributed by atoms with Gasteiger partial charge in [0.05, 0.1) is 6.33 Å². The van der Waals surface area contributed by atoms with Crippen LogP contribution in [0.25, 0.3) is 11.2 Å². The lowest BCUT2D eigenvalue weighted by Crippen LogP contribution is -2.18. The SMILES string of the molecule is CCc1nc(O)c2c(ncn2Cc2cc(C(C)(C)C)c(O)c(C(C)(C)C)c2)n1. The molecule has 2 aromatic heterocycles. The third kappa shape index (κ3) is 3.68. The summed E-state index contributed by atoms with van der Waals surface area (Å²) in [7, 11) is 0. The monoisotopic (exact) mass is 382 g/mol. The zero-order chi connectivity index (χ0) is 20.9. The quantitative estimate of drug-likeness (QED) is 0.699. The van der Waals surface area contributed by atoms with Crippen LogP contribution in [0.4, 0.5) is 0 Å². The van der Waals surface area contributed by atoms with Gasteiger partial charge in [0, 0.05) is 13.0 Å². The molecule has 6 nitrogen and oxygen atoms in total. The average Bonchev–Trinajstić information content (AvgIpc) is 2.97. The summed E-state index contributed by atoms with van der Waals surface area (Å²) in [5.74, 6) is 0.883. The summed E-state index contributed by atoms with van der Waals surface area (Å²) in [6, 6.07) is 4.07. The van der Waals surface area contributed by atoms with Crippen LogP contribution in [0, 0.1) is 0 Å². The molecule has 0 atom stereocenters. The van der Waals surface area contributed by atoms with Crippen molar-refractivity contribution >= 4 is 11.2 Å². The Labute approximate surface area is 166 Å². The summed E-state index contributed by atoms with van der Waals surface area (Å²) in [6.45, 7) is 15.0. The number of aromatic nitrogens is 4. The van der Waals surface area contributed by atoms with Crippen molar-refractivity contribution in [3.05, 3.63) is 41.0 Å². The van der Waals surface area contributed by atoms with E-state index in [1.165, 1.54) is 0 Å². The third-order valence-electron chi connectivity index (χ3n) is 4.96. The van der Waals surface area contributed by atoms with E-state index in [1.807, 2.05) is 23.6 Å². The van der Waals surface area contributed by atoms with Gasteiger partial charge in [-0.05, 0) is 39.7 Å². The standard InChI is InChI=1S/C22H30N4O2/c1-8-16-24-19-17(20(28)25-16)26(12-23-19)11-13-9-14(21(2,3)4)18(27)15(10-13)22(5,6)7/h9-10,12,27H,8,11H2,1-7H3,(H,24,25,28). The van der Waals surface area contributed by atoms with Crippen molar-refractivity contribution in [3.63, 3.8) is 0 Å². The molecule has 0 bridgehead atoms. The van der Waals surface area contributed by atoms with Gasteiger partial charge >= 0.3 is 0 Å². The second-order valence-corrected chi connectivity index (χ2v) is 9.40. The number of imidazole rings is 1. The number of hydrogen-bond donors (Lipinski definition) is 2. The summed E-state index contributed by atoms with van der Waals surface area (Å²) in [6.07, 6.45) is 2.32. The maximum absolute atomic E-state index is 10.9. The minimum absolute atomic E-state index is 0.0507. The highest BCUT2D eigenvalue weighted by Gasteiger charge is 2.26. The first-order valence-electron chi connectivity index (χ1n) is 9.69. The minimum atomic E-state index is -0.196. The zero-order valence-electron chi connectivity index (χ0n) is 17.8. The Kier molecular flexibility index (Phi) is 4.86. The second kappa shape index (κ2) is 6.76. The number of nitrogens with zero attached hydrogens (tertiary/aromatic N) is 4. The van der Waals surface area contributed by atoms with E-state index in [9.17, 15) is 10.2 Å². The lowest BCUT2D eigenvalue weighted by atomic mass is 9.78. The van der Waals surface area contributed by atoms with Crippen LogP contribution in [0.1, 0.15) is 71.0 Å². The molecule has 150 valence electrons. The molecule has 2 heterocycles.